The maximum atomic E-state index is 13.3. The molecule has 3 aromatic rings. The monoisotopic (exact) mass is 472 g/mol. The lowest BCUT2D eigenvalue weighted by molar-refractivity contribution is -0.114. The molecule has 0 spiro atoms. The van der Waals surface area contributed by atoms with Gasteiger partial charge < -0.3 is 14.8 Å². The minimum Gasteiger partial charge on any atom is -0.494 e. The van der Waals surface area contributed by atoms with Gasteiger partial charge in [-0.15, -0.1) is 0 Å². The second-order valence-corrected chi connectivity index (χ2v) is 8.76. The van der Waals surface area contributed by atoms with E-state index in [0.29, 0.717) is 30.4 Å². The Labute approximate surface area is 192 Å². The van der Waals surface area contributed by atoms with Crippen LogP contribution < -0.4 is 19.1 Å². The quantitative estimate of drug-likeness (QED) is 0.471. The Balaban J connectivity index is 1.87. The van der Waals surface area contributed by atoms with E-state index < -0.39 is 28.3 Å². The number of benzene rings is 3. The summed E-state index contributed by atoms with van der Waals surface area (Å²) < 4.78 is 51.8. The molecule has 33 heavy (non-hydrogen) atoms. The van der Waals surface area contributed by atoms with Crippen molar-refractivity contribution in [3.8, 4) is 11.5 Å². The van der Waals surface area contributed by atoms with Crippen LogP contribution in [-0.2, 0) is 14.8 Å². The zero-order valence-corrected chi connectivity index (χ0v) is 19.1. The Morgan fingerprint density at radius 3 is 1.88 bits per heavy atom. The summed E-state index contributed by atoms with van der Waals surface area (Å²) >= 11 is 0. The van der Waals surface area contributed by atoms with Crippen molar-refractivity contribution >= 4 is 27.3 Å². The average molecular weight is 473 g/mol. The predicted molar refractivity (Wildman–Crippen MR) is 125 cm³/mol. The minimum atomic E-state index is -4.15. The van der Waals surface area contributed by atoms with E-state index in [1.807, 2.05) is 13.8 Å². The molecular weight excluding hydrogens is 447 g/mol. The number of carbonyl (C=O) groups is 1. The zero-order valence-electron chi connectivity index (χ0n) is 18.3. The van der Waals surface area contributed by atoms with Crippen LogP contribution >= 0.6 is 0 Å². The zero-order chi connectivity index (χ0) is 23.8. The number of hydrogen-bond donors (Lipinski definition) is 1. The van der Waals surface area contributed by atoms with E-state index in [1.165, 1.54) is 0 Å². The van der Waals surface area contributed by atoms with Gasteiger partial charge in [0.2, 0.25) is 5.91 Å². The van der Waals surface area contributed by atoms with E-state index >= 15 is 0 Å². The second-order valence-electron chi connectivity index (χ2n) is 6.90. The first-order valence-corrected chi connectivity index (χ1v) is 11.8. The Bertz CT molecular complexity index is 1160. The van der Waals surface area contributed by atoms with Crippen molar-refractivity contribution in [1.82, 2.24) is 0 Å². The van der Waals surface area contributed by atoms with Crippen LogP contribution in [0.4, 0.5) is 15.8 Å². The molecule has 1 amide bonds. The van der Waals surface area contributed by atoms with Gasteiger partial charge in [0.15, 0.2) is 0 Å². The molecule has 0 aromatic heterocycles. The molecule has 3 aromatic carbocycles. The highest BCUT2D eigenvalue weighted by atomic mass is 32.2. The van der Waals surface area contributed by atoms with Crippen molar-refractivity contribution in [1.29, 1.82) is 0 Å². The molecule has 7 nitrogen and oxygen atoms in total. The third-order valence-electron chi connectivity index (χ3n) is 4.57. The maximum Gasteiger partial charge on any atom is 0.264 e. The van der Waals surface area contributed by atoms with Gasteiger partial charge in [0.1, 0.15) is 23.9 Å². The Kier molecular flexibility index (Phi) is 7.89. The van der Waals surface area contributed by atoms with Crippen molar-refractivity contribution in [3.63, 3.8) is 0 Å². The van der Waals surface area contributed by atoms with Crippen LogP contribution in [0.5, 0.6) is 11.5 Å². The summed E-state index contributed by atoms with van der Waals surface area (Å²) in [5.41, 5.74) is 0.763. The highest BCUT2D eigenvalue weighted by molar-refractivity contribution is 7.92. The van der Waals surface area contributed by atoms with Crippen molar-refractivity contribution in [2.24, 2.45) is 0 Å². The molecule has 174 valence electrons. The Morgan fingerprint density at radius 1 is 0.848 bits per heavy atom. The van der Waals surface area contributed by atoms with Crippen LogP contribution in [0.15, 0.2) is 77.7 Å². The number of nitrogens with zero attached hydrogens (tertiary/aromatic N) is 1. The number of hydrogen-bond acceptors (Lipinski definition) is 5. The molecular formula is C24H25FN2O5S. The van der Waals surface area contributed by atoms with E-state index in [-0.39, 0.29) is 10.6 Å². The van der Waals surface area contributed by atoms with Crippen molar-refractivity contribution in [2.45, 2.75) is 18.7 Å². The number of ether oxygens (including phenoxy) is 2. The highest BCUT2D eigenvalue weighted by Gasteiger charge is 2.27. The normalized spacial score (nSPS) is 11.0. The lowest BCUT2D eigenvalue weighted by Crippen LogP contribution is -2.38. The molecule has 0 bridgehead atoms. The van der Waals surface area contributed by atoms with Gasteiger partial charge in [0.05, 0.1) is 23.8 Å². The molecule has 0 atom stereocenters. The molecule has 0 aliphatic heterocycles. The lowest BCUT2D eigenvalue weighted by atomic mass is 10.3. The number of sulfonamides is 1. The van der Waals surface area contributed by atoms with Crippen molar-refractivity contribution < 1.29 is 27.1 Å². The molecule has 0 fully saturated rings. The molecule has 0 saturated carbocycles. The fraction of sp³-hybridized carbons (Fsp3) is 0.208. The summed E-state index contributed by atoms with van der Waals surface area (Å²) in [5, 5.41) is 2.69. The third kappa shape index (κ3) is 6.23. The highest BCUT2D eigenvalue weighted by Crippen LogP contribution is 2.26. The Hall–Kier alpha value is -3.59. The van der Waals surface area contributed by atoms with Gasteiger partial charge in [-0.05, 0) is 86.6 Å². The van der Waals surface area contributed by atoms with Gasteiger partial charge in [-0.25, -0.2) is 12.8 Å². The van der Waals surface area contributed by atoms with Crippen LogP contribution in [0.3, 0.4) is 0 Å². The fourth-order valence-electron chi connectivity index (χ4n) is 3.06. The van der Waals surface area contributed by atoms with Gasteiger partial charge in [-0.3, -0.25) is 9.10 Å². The summed E-state index contributed by atoms with van der Waals surface area (Å²) in [4.78, 5) is 12.6. The lowest BCUT2D eigenvalue weighted by Gasteiger charge is -2.24. The van der Waals surface area contributed by atoms with Gasteiger partial charge in [0, 0.05) is 5.69 Å². The van der Waals surface area contributed by atoms with E-state index in [4.69, 9.17) is 9.47 Å². The van der Waals surface area contributed by atoms with Crippen LogP contribution in [-0.4, -0.2) is 34.1 Å². The number of carbonyl (C=O) groups excluding carboxylic acids is 1. The first-order valence-electron chi connectivity index (χ1n) is 10.4. The first-order chi connectivity index (χ1) is 15.8. The van der Waals surface area contributed by atoms with Crippen LogP contribution in [0, 0.1) is 5.82 Å². The van der Waals surface area contributed by atoms with E-state index in [9.17, 15) is 17.6 Å². The van der Waals surface area contributed by atoms with Gasteiger partial charge in [-0.2, -0.15) is 0 Å². The smallest absolute Gasteiger partial charge is 0.264 e. The SMILES string of the molecule is CCOc1ccc(NC(=O)CN(c2ccc(OCC)cc2)S(=O)(=O)c2ccc(F)cc2)cc1. The summed E-state index contributed by atoms with van der Waals surface area (Å²) in [6, 6.07) is 17.5. The Morgan fingerprint density at radius 2 is 1.36 bits per heavy atom. The molecule has 0 heterocycles. The third-order valence-corrected chi connectivity index (χ3v) is 6.36. The van der Waals surface area contributed by atoms with Gasteiger partial charge in [0.25, 0.3) is 10.0 Å². The topological polar surface area (TPSA) is 84.9 Å². The first kappa shape index (κ1) is 24.1. The maximum absolute atomic E-state index is 13.3. The molecule has 0 unspecified atom stereocenters. The fourth-order valence-corrected chi connectivity index (χ4v) is 4.48. The van der Waals surface area contributed by atoms with E-state index in [0.717, 1.165) is 28.6 Å². The molecule has 0 radical (unpaired) electrons. The minimum absolute atomic E-state index is 0.133. The standard InChI is InChI=1S/C24H25FN2O5S/c1-3-31-21-11-7-19(8-12-21)26-24(28)17-27(20-9-13-22(14-10-20)32-4-2)33(29,30)23-15-5-18(25)6-16-23/h5-16H,3-4,17H2,1-2H3,(H,26,28). The summed E-state index contributed by atoms with van der Waals surface area (Å²) in [6.45, 7) is 4.20. The average Bonchev–Trinajstić information content (AvgIpc) is 2.80. The molecule has 9 heteroatoms. The molecule has 0 aliphatic carbocycles. The number of amides is 1. The molecule has 3 rings (SSSR count). The summed E-state index contributed by atoms with van der Waals surface area (Å²) in [6.07, 6.45) is 0. The van der Waals surface area contributed by atoms with Crippen molar-refractivity contribution in [3.05, 3.63) is 78.6 Å². The summed E-state index contributed by atoms with van der Waals surface area (Å²) in [5.74, 6) is 0.123. The molecule has 1 N–H and O–H groups in total. The van der Waals surface area contributed by atoms with Gasteiger partial charge >= 0.3 is 0 Å². The van der Waals surface area contributed by atoms with E-state index in [2.05, 4.69) is 5.32 Å². The number of nitrogens with one attached hydrogen (secondary N) is 1. The number of halogens is 1. The van der Waals surface area contributed by atoms with E-state index in [1.54, 1.807) is 48.5 Å². The second kappa shape index (κ2) is 10.8. The van der Waals surface area contributed by atoms with Crippen LogP contribution in [0.2, 0.25) is 0 Å². The largest absolute Gasteiger partial charge is 0.494 e. The molecule has 0 saturated heterocycles. The summed E-state index contributed by atoms with van der Waals surface area (Å²) in [7, 11) is -4.15. The van der Waals surface area contributed by atoms with Crippen LogP contribution in [0.1, 0.15) is 13.8 Å². The van der Waals surface area contributed by atoms with Crippen LogP contribution in [0.25, 0.3) is 0 Å². The number of anilines is 2. The van der Waals surface area contributed by atoms with Crippen molar-refractivity contribution in [2.75, 3.05) is 29.4 Å². The number of rotatable bonds is 10. The predicted octanol–water partition coefficient (Wildman–Crippen LogP) is 4.46. The molecule has 0 aliphatic rings. The van der Waals surface area contributed by atoms with Gasteiger partial charge in [-0.1, -0.05) is 0 Å².